The lowest BCUT2D eigenvalue weighted by molar-refractivity contribution is 0.102. The molecule has 1 aliphatic rings. The second-order valence-electron chi connectivity index (χ2n) is 2.88. The predicted octanol–water partition coefficient (Wildman–Crippen LogP) is 2.79. The van der Waals surface area contributed by atoms with E-state index in [0.717, 1.165) is 17.6 Å². The fraction of sp³-hybridized carbons (Fsp3) is 0.750. The minimum atomic E-state index is 0.736. The molecule has 3 heteroatoms. The first-order valence-corrected chi connectivity index (χ1v) is 4.78. The molecule has 0 N–H and O–H groups in total. The largest absolute Gasteiger partial charge is 0.295 e. The fourth-order valence-corrected chi connectivity index (χ4v) is 1.62. The molecule has 1 rings (SSSR count). The van der Waals surface area contributed by atoms with Crippen LogP contribution in [0.25, 0.3) is 0 Å². The summed E-state index contributed by atoms with van der Waals surface area (Å²) in [4.78, 5) is 2.35. The molecule has 0 aromatic rings. The molecule has 0 spiro atoms. The Morgan fingerprint density at radius 1 is 1.73 bits per heavy atom. The van der Waals surface area contributed by atoms with Crippen molar-refractivity contribution in [2.24, 2.45) is 0 Å². The van der Waals surface area contributed by atoms with Crippen molar-refractivity contribution >= 4 is 23.2 Å². The normalized spacial score (nSPS) is 26.8. The highest BCUT2D eigenvalue weighted by Gasteiger charge is 2.25. The molecular formula is C8H13Cl2N. The van der Waals surface area contributed by atoms with Gasteiger partial charge in [-0.05, 0) is 12.8 Å². The third-order valence-corrected chi connectivity index (χ3v) is 2.81. The molecule has 0 bridgehead atoms. The van der Waals surface area contributed by atoms with Crippen LogP contribution < -0.4 is 0 Å². The van der Waals surface area contributed by atoms with E-state index < -0.39 is 0 Å². The summed E-state index contributed by atoms with van der Waals surface area (Å²) in [5.74, 6) is 0. The first kappa shape index (κ1) is 9.37. The molecule has 1 atom stereocenters. The van der Waals surface area contributed by atoms with E-state index >= 15 is 0 Å². The Labute approximate surface area is 78.0 Å². The van der Waals surface area contributed by atoms with Crippen LogP contribution in [0.5, 0.6) is 0 Å². The molecule has 1 heterocycles. The molecule has 0 aromatic carbocycles. The average Bonchev–Trinajstić information content (AvgIpc) is 1.98. The maximum absolute atomic E-state index is 5.78. The van der Waals surface area contributed by atoms with Gasteiger partial charge in [0, 0.05) is 29.7 Å². The highest BCUT2D eigenvalue weighted by Crippen LogP contribution is 2.22. The average molecular weight is 194 g/mol. The molecule has 1 saturated heterocycles. The zero-order chi connectivity index (χ0) is 8.27. The minimum Gasteiger partial charge on any atom is -0.295 e. The van der Waals surface area contributed by atoms with Crippen LogP contribution in [0.15, 0.2) is 10.6 Å². The third-order valence-electron chi connectivity index (χ3n) is 2.21. The molecule has 0 aliphatic carbocycles. The summed E-state index contributed by atoms with van der Waals surface area (Å²) in [6.45, 7) is 4.19. The fourth-order valence-electron chi connectivity index (χ4n) is 1.39. The molecule has 11 heavy (non-hydrogen) atoms. The molecule has 1 unspecified atom stereocenters. The highest BCUT2D eigenvalue weighted by atomic mass is 35.5. The van der Waals surface area contributed by atoms with E-state index in [4.69, 9.17) is 23.2 Å². The summed E-state index contributed by atoms with van der Waals surface area (Å²) in [5, 5.41) is 0.741. The van der Waals surface area contributed by atoms with Gasteiger partial charge in [0.05, 0.1) is 0 Å². The number of nitrogens with zero attached hydrogens (tertiary/aromatic N) is 1. The van der Waals surface area contributed by atoms with Crippen molar-refractivity contribution in [1.29, 1.82) is 0 Å². The van der Waals surface area contributed by atoms with Gasteiger partial charge in [-0.25, -0.2) is 0 Å². The highest BCUT2D eigenvalue weighted by molar-refractivity contribution is 6.36. The Kier molecular flexibility index (Phi) is 3.70. The van der Waals surface area contributed by atoms with Gasteiger partial charge in [-0.1, -0.05) is 30.1 Å². The quantitative estimate of drug-likeness (QED) is 0.667. The second-order valence-corrected chi connectivity index (χ2v) is 3.58. The summed E-state index contributed by atoms with van der Waals surface area (Å²) < 4.78 is 0. The second kappa shape index (κ2) is 4.34. The van der Waals surface area contributed by atoms with Crippen molar-refractivity contribution in [1.82, 2.24) is 4.90 Å². The number of likely N-dealkylation sites (tertiary alicyclic amines) is 1. The van der Waals surface area contributed by atoms with Crippen LogP contribution in [-0.4, -0.2) is 24.0 Å². The van der Waals surface area contributed by atoms with E-state index in [1.54, 1.807) is 0 Å². The van der Waals surface area contributed by atoms with Gasteiger partial charge in [-0.2, -0.15) is 0 Å². The molecular weight excluding hydrogens is 181 g/mol. The van der Waals surface area contributed by atoms with E-state index in [1.807, 2.05) is 0 Å². The standard InChI is InChI=1S/C8H13Cl2N/c1-2-8-3-4-11(8)6-7(10)5-9/h5,8H,2-4,6H2,1H3/b7-5-. The van der Waals surface area contributed by atoms with Gasteiger partial charge < -0.3 is 0 Å². The Morgan fingerprint density at radius 3 is 2.82 bits per heavy atom. The molecule has 64 valence electrons. The first-order chi connectivity index (χ1) is 5.27. The maximum Gasteiger partial charge on any atom is 0.0434 e. The lowest BCUT2D eigenvalue weighted by Gasteiger charge is -2.40. The SMILES string of the molecule is CCC1CCN1C/C(Cl)=C/Cl. The van der Waals surface area contributed by atoms with Gasteiger partial charge >= 0.3 is 0 Å². The smallest absolute Gasteiger partial charge is 0.0434 e. The third kappa shape index (κ3) is 2.36. The molecule has 0 radical (unpaired) electrons. The summed E-state index contributed by atoms with van der Waals surface area (Å²) >= 11 is 11.2. The summed E-state index contributed by atoms with van der Waals surface area (Å²) in [6, 6.07) is 0.736. The topological polar surface area (TPSA) is 3.24 Å². The van der Waals surface area contributed by atoms with Crippen LogP contribution in [0.2, 0.25) is 0 Å². The molecule has 0 aromatic heterocycles. The Hall–Kier alpha value is 0.280. The number of hydrogen-bond donors (Lipinski definition) is 0. The van der Waals surface area contributed by atoms with Crippen LogP contribution in [-0.2, 0) is 0 Å². The van der Waals surface area contributed by atoms with Crippen LogP contribution in [0.4, 0.5) is 0 Å². The van der Waals surface area contributed by atoms with Crippen LogP contribution in [0, 0.1) is 0 Å². The maximum atomic E-state index is 5.78. The number of hydrogen-bond acceptors (Lipinski definition) is 1. The molecule has 0 saturated carbocycles. The Bertz CT molecular complexity index is 154. The van der Waals surface area contributed by atoms with Crippen molar-refractivity contribution < 1.29 is 0 Å². The van der Waals surface area contributed by atoms with Gasteiger partial charge in [0.2, 0.25) is 0 Å². The van der Waals surface area contributed by atoms with Crippen molar-refractivity contribution in [3.63, 3.8) is 0 Å². The zero-order valence-corrected chi connectivity index (χ0v) is 8.20. The number of rotatable bonds is 3. The Morgan fingerprint density at radius 2 is 2.45 bits per heavy atom. The van der Waals surface area contributed by atoms with E-state index in [-0.39, 0.29) is 0 Å². The van der Waals surface area contributed by atoms with E-state index in [2.05, 4.69) is 11.8 Å². The summed E-state index contributed by atoms with van der Waals surface area (Å²) in [6.07, 6.45) is 2.52. The molecule has 1 fully saturated rings. The van der Waals surface area contributed by atoms with Crippen molar-refractivity contribution in [2.75, 3.05) is 13.1 Å². The van der Waals surface area contributed by atoms with E-state index in [9.17, 15) is 0 Å². The predicted molar refractivity (Wildman–Crippen MR) is 50.1 cm³/mol. The lowest BCUT2D eigenvalue weighted by Crippen LogP contribution is -2.47. The summed E-state index contributed by atoms with van der Waals surface area (Å²) in [7, 11) is 0. The van der Waals surface area contributed by atoms with Gasteiger partial charge in [-0.15, -0.1) is 0 Å². The minimum absolute atomic E-state index is 0.736. The van der Waals surface area contributed by atoms with Gasteiger partial charge in [0.1, 0.15) is 0 Å². The van der Waals surface area contributed by atoms with Gasteiger partial charge in [0.25, 0.3) is 0 Å². The van der Waals surface area contributed by atoms with Crippen molar-refractivity contribution in [2.45, 2.75) is 25.8 Å². The monoisotopic (exact) mass is 193 g/mol. The first-order valence-electron chi connectivity index (χ1n) is 3.96. The van der Waals surface area contributed by atoms with Crippen molar-refractivity contribution in [3.8, 4) is 0 Å². The van der Waals surface area contributed by atoms with Crippen LogP contribution in [0.1, 0.15) is 19.8 Å². The van der Waals surface area contributed by atoms with Gasteiger partial charge in [0.15, 0.2) is 0 Å². The van der Waals surface area contributed by atoms with Crippen LogP contribution >= 0.6 is 23.2 Å². The lowest BCUT2D eigenvalue weighted by atomic mass is 10.0. The number of halogens is 2. The Balaban J connectivity index is 2.27. The van der Waals surface area contributed by atoms with Gasteiger partial charge in [-0.3, -0.25) is 4.90 Å². The van der Waals surface area contributed by atoms with E-state index in [0.29, 0.717) is 0 Å². The van der Waals surface area contributed by atoms with Crippen molar-refractivity contribution in [3.05, 3.63) is 10.6 Å². The molecule has 0 amide bonds. The van der Waals surface area contributed by atoms with Crippen LogP contribution in [0.3, 0.4) is 0 Å². The van der Waals surface area contributed by atoms with E-state index in [1.165, 1.54) is 24.9 Å². The summed E-state index contributed by atoms with van der Waals surface area (Å²) in [5.41, 5.74) is 1.45. The zero-order valence-electron chi connectivity index (χ0n) is 6.69. The molecule has 1 nitrogen and oxygen atoms in total. The molecule has 1 aliphatic heterocycles.